The first-order chi connectivity index (χ1) is 16.1. The third-order valence-corrected chi connectivity index (χ3v) is 7.84. The van der Waals surface area contributed by atoms with Crippen molar-refractivity contribution in [3.63, 3.8) is 0 Å². The molecule has 4 atom stereocenters. The van der Waals surface area contributed by atoms with Crippen LogP contribution in [0.5, 0.6) is 0 Å². The lowest BCUT2D eigenvalue weighted by atomic mass is 9.97. The minimum atomic E-state index is -3.82. The van der Waals surface area contributed by atoms with Crippen molar-refractivity contribution >= 4 is 15.9 Å². The Morgan fingerprint density at radius 1 is 1.00 bits per heavy atom. The third kappa shape index (κ3) is 7.91. The summed E-state index contributed by atoms with van der Waals surface area (Å²) in [5, 5.41) is 14.1. The molecule has 0 heterocycles. The topological polar surface area (TPSA) is 113 Å². The average molecular weight is 490 g/mol. The van der Waals surface area contributed by atoms with Crippen molar-refractivity contribution in [3.8, 4) is 0 Å². The fourth-order valence-electron chi connectivity index (χ4n) is 3.70. The molecule has 0 aliphatic heterocycles. The van der Waals surface area contributed by atoms with Crippen molar-refractivity contribution in [3.05, 3.63) is 66.2 Å². The molecule has 1 amide bonds. The first-order valence-electron chi connectivity index (χ1n) is 11.9. The highest BCUT2D eigenvalue weighted by Crippen LogP contribution is 2.19. The van der Waals surface area contributed by atoms with Crippen molar-refractivity contribution in [1.29, 1.82) is 0 Å². The minimum Gasteiger partial charge on any atom is -0.390 e. The summed E-state index contributed by atoms with van der Waals surface area (Å²) in [7, 11) is -3.82. The van der Waals surface area contributed by atoms with Gasteiger partial charge >= 0.3 is 0 Å². The van der Waals surface area contributed by atoms with E-state index in [0.29, 0.717) is 6.42 Å². The number of rotatable bonds is 13. The van der Waals surface area contributed by atoms with Crippen molar-refractivity contribution in [2.75, 3.05) is 13.1 Å². The van der Waals surface area contributed by atoms with Crippen LogP contribution in [0.1, 0.15) is 39.7 Å². The summed E-state index contributed by atoms with van der Waals surface area (Å²) in [6.07, 6.45) is -0.0367. The highest BCUT2D eigenvalue weighted by molar-refractivity contribution is 7.89. The summed E-state index contributed by atoms with van der Waals surface area (Å²) < 4.78 is 28.0. The second-order valence-corrected chi connectivity index (χ2v) is 11.3. The second-order valence-electron chi connectivity index (χ2n) is 9.31. The number of carbonyl (C=O) groups excluding carboxylic acids is 1. The monoisotopic (exact) mass is 489 g/mol. The molecule has 0 aliphatic carbocycles. The molecule has 188 valence electrons. The third-order valence-electron chi connectivity index (χ3n) is 5.99. The van der Waals surface area contributed by atoms with Crippen LogP contribution >= 0.6 is 0 Å². The number of nitrogens with zero attached hydrogens (tertiary/aromatic N) is 1. The fraction of sp³-hybridized carbons (Fsp3) is 0.500. The molecule has 0 fully saturated rings. The van der Waals surface area contributed by atoms with Crippen LogP contribution < -0.4 is 11.1 Å². The smallest absolute Gasteiger partial charge is 0.243 e. The number of carbonyl (C=O) groups is 1. The lowest BCUT2D eigenvalue weighted by Crippen LogP contribution is -2.55. The lowest BCUT2D eigenvalue weighted by Gasteiger charge is -2.31. The summed E-state index contributed by atoms with van der Waals surface area (Å²) in [5.41, 5.74) is 7.05. The van der Waals surface area contributed by atoms with Gasteiger partial charge in [-0.3, -0.25) is 4.79 Å². The molecule has 1 unspecified atom stereocenters. The summed E-state index contributed by atoms with van der Waals surface area (Å²) in [6, 6.07) is 16.3. The SMILES string of the molecule is CCC(C)[C@H](N)C(=O)N[C@@H](Cc1ccccc1)[C@H](O)CN(CC(C)C)S(=O)(=O)c1ccccc1. The van der Waals surface area contributed by atoms with Gasteiger partial charge in [0.25, 0.3) is 0 Å². The van der Waals surface area contributed by atoms with Gasteiger partial charge in [0.1, 0.15) is 0 Å². The van der Waals surface area contributed by atoms with Crippen molar-refractivity contribution in [2.24, 2.45) is 17.6 Å². The summed E-state index contributed by atoms with van der Waals surface area (Å²) >= 11 is 0. The molecule has 7 nitrogen and oxygen atoms in total. The Morgan fingerprint density at radius 3 is 2.09 bits per heavy atom. The number of amides is 1. The molecular formula is C26H39N3O4S. The zero-order valence-electron chi connectivity index (χ0n) is 20.6. The van der Waals surface area contributed by atoms with E-state index in [0.717, 1.165) is 12.0 Å². The Morgan fingerprint density at radius 2 is 1.56 bits per heavy atom. The predicted octanol–water partition coefficient (Wildman–Crippen LogP) is 2.80. The number of aliphatic hydroxyl groups excluding tert-OH is 1. The van der Waals surface area contributed by atoms with Crippen LogP contribution in [-0.4, -0.2) is 55.0 Å². The molecule has 2 aromatic rings. The summed E-state index contributed by atoms with van der Waals surface area (Å²) in [4.78, 5) is 13.0. The zero-order valence-corrected chi connectivity index (χ0v) is 21.4. The van der Waals surface area contributed by atoms with E-state index >= 15 is 0 Å². The van der Waals surface area contributed by atoms with Gasteiger partial charge < -0.3 is 16.2 Å². The first kappa shape index (κ1) is 28.0. The lowest BCUT2D eigenvalue weighted by molar-refractivity contribution is -0.125. The van der Waals surface area contributed by atoms with E-state index in [4.69, 9.17) is 5.73 Å². The predicted molar refractivity (Wildman–Crippen MR) is 136 cm³/mol. The normalized spacial score (nSPS) is 15.6. The molecule has 2 aromatic carbocycles. The van der Waals surface area contributed by atoms with Crippen molar-refractivity contribution < 1.29 is 18.3 Å². The molecule has 2 rings (SSSR count). The molecule has 34 heavy (non-hydrogen) atoms. The Kier molecular flexibility index (Phi) is 10.7. The van der Waals surface area contributed by atoms with E-state index in [1.807, 2.05) is 58.0 Å². The standard InChI is InChI=1S/C26H39N3O4S/c1-5-20(4)25(27)26(31)28-23(16-21-12-8-6-9-13-21)24(30)18-29(17-19(2)3)34(32,33)22-14-10-7-11-15-22/h6-15,19-20,23-25,30H,5,16-18,27H2,1-4H3,(H,28,31)/t20?,23-,24+,25-/m0/s1. The number of aliphatic hydroxyl groups is 1. The van der Waals surface area contributed by atoms with Crippen LogP contribution in [0.2, 0.25) is 0 Å². The van der Waals surface area contributed by atoms with Crippen LogP contribution in [0, 0.1) is 11.8 Å². The average Bonchev–Trinajstić information content (AvgIpc) is 2.82. The number of nitrogens with two attached hydrogens (primary N) is 1. The molecule has 0 spiro atoms. The van der Waals surface area contributed by atoms with Gasteiger partial charge in [-0.15, -0.1) is 0 Å². The Balaban J connectivity index is 2.31. The van der Waals surface area contributed by atoms with E-state index < -0.39 is 28.2 Å². The quantitative estimate of drug-likeness (QED) is 0.400. The maximum absolute atomic E-state index is 13.4. The maximum atomic E-state index is 13.4. The first-order valence-corrected chi connectivity index (χ1v) is 13.3. The van der Waals surface area contributed by atoms with Gasteiger partial charge in [-0.2, -0.15) is 4.31 Å². The molecule has 0 saturated carbocycles. The van der Waals surface area contributed by atoms with Crippen molar-refractivity contribution in [1.82, 2.24) is 9.62 Å². The molecular weight excluding hydrogens is 450 g/mol. The molecule has 0 saturated heterocycles. The Hall–Kier alpha value is -2.26. The number of sulfonamides is 1. The highest BCUT2D eigenvalue weighted by atomic mass is 32.2. The zero-order chi connectivity index (χ0) is 25.3. The molecule has 8 heteroatoms. The minimum absolute atomic E-state index is 0.0228. The van der Waals surface area contributed by atoms with Crippen LogP contribution in [-0.2, 0) is 21.2 Å². The Bertz CT molecular complexity index is 984. The number of nitrogens with one attached hydrogen (secondary N) is 1. The molecule has 0 bridgehead atoms. The Labute approximate surface area is 204 Å². The van der Waals surface area contributed by atoms with Gasteiger partial charge in [0.05, 0.1) is 23.1 Å². The van der Waals surface area contributed by atoms with Gasteiger partial charge in [-0.25, -0.2) is 8.42 Å². The molecule has 0 aromatic heterocycles. The molecule has 4 N–H and O–H groups in total. The second kappa shape index (κ2) is 13.0. The van der Waals surface area contributed by atoms with E-state index in [1.165, 1.54) is 4.31 Å². The summed E-state index contributed by atoms with van der Waals surface area (Å²) in [5.74, 6) is -0.326. The largest absolute Gasteiger partial charge is 0.390 e. The van der Waals surface area contributed by atoms with E-state index in [9.17, 15) is 18.3 Å². The van der Waals surface area contributed by atoms with E-state index in [1.54, 1.807) is 30.3 Å². The van der Waals surface area contributed by atoms with Crippen LogP contribution in [0.15, 0.2) is 65.6 Å². The van der Waals surface area contributed by atoms with Gasteiger partial charge in [-0.05, 0) is 36.0 Å². The maximum Gasteiger partial charge on any atom is 0.243 e. The van der Waals surface area contributed by atoms with Crippen molar-refractivity contribution in [2.45, 2.75) is 63.6 Å². The van der Waals surface area contributed by atoms with E-state index in [-0.39, 0.29) is 35.7 Å². The van der Waals surface area contributed by atoms with Crippen LogP contribution in [0.4, 0.5) is 0 Å². The van der Waals surface area contributed by atoms with E-state index in [2.05, 4.69) is 5.32 Å². The number of hydrogen-bond acceptors (Lipinski definition) is 5. The molecule has 0 radical (unpaired) electrons. The van der Waals surface area contributed by atoms with Gasteiger partial charge in [0.2, 0.25) is 15.9 Å². The molecule has 0 aliphatic rings. The number of hydrogen-bond donors (Lipinski definition) is 3. The van der Waals surface area contributed by atoms with Gasteiger partial charge in [-0.1, -0.05) is 82.6 Å². The number of benzene rings is 2. The summed E-state index contributed by atoms with van der Waals surface area (Å²) in [6.45, 7) is 7.82. The van der Waals surface area contributed by atoms with Gasteiger partial charge in [0.15, 0.2) is 0 Å². The fourth-order valence-corrected chi connectivity index (χ4v) is 5.34. The van der Waals surface area contributed by atoms with Crippen LogP contribution in [0.25, 0.3) is 0 Å². The van der Waals surface area contributed by atoms with Gasteiger partial charge in [0, 0.05) is 13.1 Å². The highest BCUT2D eigenvalue weighted by Gasteiger charge is 2.32. The van der Waals surface area contributed by atoms with Crippen LogP contribution in [0.3, 0.4) is 0 Å².